The predicted molar refractivity (Wildman–Crippen MR) is 90.0 cm³/mol. The lowest BCUT2D eigenvalue weighted by atomic mass is 9.76. The van der Waals surface area contributed by atoms with E-state index in [0.717, 1.165) is 13.8 Å². The predicted octanol–water partition coefficient (Wildman–Crippen LogP) is 3.26. The van der Waals surface area contributed by atoms with Crippen molar-refractivity contribution in [2.24, 2.45) is 17.7 Å². The zero-order valence-corrected chi connectivity index (χ0v) is 12.5. The first-order valence-electron chi connectivity index (χ1n) is 15.1. The smallest absolute Gasteiger partial charge is 0.326 e. The van der Waals surface area contributed by atoms with E-state index in [2.05, 4.69) is 0 Å². The summed E-state index contributed by atoms with van der Waals surface area (Å²) in [5.74, 6) is -15.0. The van der Waals surface area contributed by atoms with Gasteiger partial charge in [-0.05, 0) is 42.8 Å². The third kappa shape index (κ3) is 5.08. The van der Waals surface area contributed by atoms with Crippen LogP contribution in [0.3, 0.4) is 0 Å². The Morgan fingerprint density at radius 2 is 1.96 bits per heavy atom. The van der Waals surface area contributed by atoms with Crippen LogP contribution in [0, 0.1) is 17.7 Å². The van der Waals surface area contributed by atoms with Crippen molar-refractivity contribution in [1.29, 1.82) is 0 Å². The van der Waals surface area contributed by atoms with Gasteiger partial charge in [0.05, 0.1) is 8.22 Å². The van der Waals surface area contributed by atoms with Crippen LogP contribution in [0.2, 0.25) is 0 Å². The van der Waals surface area contributed by atoms with Gasteiger partial charge in [0.15, 0.2) is 0 Å². The molecule has 1 atom stereocenters. The maximum atomic E-state index is 13.5. The van der Waals surface area contributed by atoms with Gasteiger partial charge in [0.25, 0.3) is 0 Å². The topological polar surface area (TPSA) is 66.4 Å². The van der Waals surface area contributed by atoms with Crippen LogP contribution in [-0.2, 0) is 16.0 Å². The van der Waals surface area contributed by atoms with Gasteiger partial charge in [0, 0.05) is 27.4 Å². The Labute approximate surface area is 162 Å². The summed E-state index contributed by atoms with van der Waals surface area (Å²) in [5, 5.41) is 11.1. The molecule has 1 aliphatic carbocycles. The van der Waals surface area contributed by atoms with E-state index in [1.807, 2.05) is 0 Å². The van der Waals surface area contributed by atoms with E-state index in [1.165, 1.54) is 5.32 Å². The average Bonchev–Trinajstić information content (AvgIpc) is 2.80. The molecule has 1 aromatic rings. The number of rotatable bonds is 6. The van der Waals surface area contributed by atoms with Crippen molar-refractivity contribution in [3.05, 3.63) is 35.8 Å². The van der Waals surface area contributed by atoms with Crippen LogP contribution in [0.4, 0.5) is 0 Å². The molecule has 0 radical (unpaired) electrons. The number of benzene rings is 1. The van der Waals surface area contributed by atoms with E-state index in [4.69, 9.17) is 23.3 Å². The quantitative estimate of drug-likeness (QED) is 0.839. The highest BCUT2D eigenvalue weighted by atomic mass is 16.4. The van der Waals surface area contributed by atoms with Crippen LogP contribution in [0.25, 0.3) is 0 Å². The van der Waals surface area contributed by atoms with Crippen molar-refractivity contribution in [1.82, 2.24) is 5.32 Å². The number of nitrogens with one attached hydrogen (secondary N) is 1. The molecule has 2 N–H and O–H groups in total. The zero-order chi connectivity index (χ0) is 32.0. The minimum atomic E-state index is -4.23. The van der Waals surface area contributed by atoms with E-state index in [0.29, 0.717) is 0 Å². The molecule has 23 heavy (non-hydrogen) atoms. The normalized spacial score (nSPS) is 50.3. The van der Waals surface area contributed by atoms with Gasteiger partial charge < -0.3 is 10.4 Å². The monoisotopic (exact) mass is 334 g/mol. The summed E-state index contributed by atoms with van der Waals surface area (Å²) in [4.78, 5) is 25.6. The van der Waals surface area contributed by atoms with Crippen LogP contribution in [0.15, 0.2) is 30.2 Å². The molecule has 2 rings (SSSR count). The molecule has 4 heteroatoms. The van der Waals surface area contributed by atoms with Gasteiger partial charge in [-0.3, -0.25) is 4.79 Å². The number of hydrogen-bond donors (Lipinski definition) is 2. The van der Waals surface area contributed by atoms with Gasteiger partial charge in [-0.1, -0.05) is 44.1 Å². The van der Waals surface area contributed by atoms with Crippen LogP contribution >= 0.6 is 0 Å². The second-order valence-corrected chi connectivity index (χ2v) is 4.77. The van der Waals surface area contributed by atoms with E-state index in [-0.39, 0.29) is 0 Å². The molecule has 126 valence electrons. The molecule has 1 amide bonds. The van der Waals surface area contributed by atoms with Gasteiger partial charge in [0.1, 0.15) is 6.02 Å². The lowest BCUT2D eigenvalue weighted by molar-refractivity contribution is -0.142. The van der Waals surface area contributed by atoms with E-state index >= 15 is 0 Å². The van der Waals surface area contributed by atoms with E-state index in [9.17, 15) is 14.7 Å². The zero-order valence-electron chi connectivity index (χ0n) is 29.5. The third-order valence-corrected chi connectivity index (χ3v) is 2.78. The second kappa shape index (κ2) is 8.14. The summed E-state index contributed by atoms with van der Waals surface area (Å²) in [6.45, 7) is 1.64. The summed E-state index contributed by atoms with van der Waals surface area (Å²) in [6, 6.07) is -8.06. The third-order valence-electron chi connectivity index (χ3n) is 2.78. The number of carboxylic acid groups (broad SMARTS) is 1. The number of carboxylic acids is 1. The first-order valence-corrected chi connectivity index (χ1v) is 6.59. The molecule has 4 nitrogen and oxygen atoms in total. The van der Waals surface area contributed by atoms with Crippen molar-refractivity contribution in [2.45, 2.75) is 51.8 Å². The van der Waals surface area contributed by atoms with Gasteiger partial charge in [-0.2, -0.15) is 0 Å². The molecule has 1 fully saturated rings. The lowest BCUT2D eigenvalue weighted by Crippen LogP contribution is -2.45. The van der Waals surface area contributed by atoms with Gasteiger partial charge in [0.2, 0.25) is 5.91 Å². The highest BCUT2D eigenvalue weighted by molar-refractivity contribution is 5.85. The highest BCUT2D eigenvalue weighted by Gasteiger charge is 2.30. The Morgan fingerprint density at radius 1 is 1.35 bits per heavy atom. The number of amides is 1. The first kappa shape index (κ1) is 5.61. The minimum Gasteiger partial charge on any atom is -0.480 e. The number of carbonyl (C=O) groups is 2. The molecule has 0 aromatic heterocycles. The van der Waals surface area contributed by atoms with Crippen molar-refractivity contribution in [3.63, 3.8) is 0 Å². The summed E-state index contributed by atoms with van der Waals surface area (Å²) in [6.07, 6.45) is -17.6. The van der Waals surface area contributed by atoms with Crippen LogP contribution in [-0.4, -0.2) is 23.0 Å². The fourth-order valence-corrected chi connectivity index (χ4v) is 1.59. The standard InChI is InChI=1S/C19H27NO3/c1-13(2)15-8-10-16(11-9-15)18(21)20-17(19(22)23)12-14-6-4-3-5-7-14/h3-7,13,15-17H,8-12H2,1-2H3,(H,20,21)(H,22,23)/t15?,16?,17-/m0/s1/i3D,4D,5D,6D,7D,8D2,9D2,10D2,11D2,13D,15D,16D,17D. The van der Waals surface area contributed by atoms with Crippen molar-refractivity contribution >= 4 is 11.9 Å². The Hall–Kier alpha value is -1.84. The number of carbonyl (C=O) groups excluding carboxylic acids is 1. The highest BCUT2D eigenvalue weighted by Crippen LogP contribution is 2.33. The minimum absolute atomic E-state index is 0.788. The van der Waals surface area contributed by atoms with Gasteiger partial charge in [-0.25, -0.2) is 4.79 Å². The van der Waals surface area contributed by atoms with Crippen LogP contribution in [0.1, 0.15) is 68.2 Å². The first-order chi connectivity index (χ1) is 17.5. The summed E-state index contributed by atoms with van der Waals surface area (Å²) in [5.41, 5.74) is -0.788. The molecule has 0 saturated heterocycles. The Morgan fingerprint density at radius 3 is 2.48 bits per heavy atom. The number of aliphatic carboxylic acids is 1. The van der Waals surface area contributed by atoms with Crippen molar-refractivity contribution in [3.8, 4) is 0 Å². The molecule has 0 bridgehead atoms. The Bertz CT molecular complexity index is 1200. The largest absolute Gasteiger partial charge is 0.480 e. The number of hydrogen-bond acceptors (Lipinski definition) is 2. The molecule has 0 unspecified atom stereocenters. The summed E-state index contributed by atoms with van der Waals surface area (Å²) < 4.78 is 139. The molecule has 1 saturated carbocycles. The fraction of sp³-hybridized carbons (Fsp3) is 0.579. The SMILES string of the molecule is [2H]c1c([2H])c([2H])c(C[C@]([2H])(NC(=O)C2([2H])C([2H])([2H])C([2H])([2H])C([2H])(C([2H])(C)C)C([2H])([2H])C2([2H])[2H])C(=O)O)c([2H])c1[2H]. The maximum Gasteiger partial charge on any atom is 0.326 e. The second-order valence-electron chi connectivity index (χ2n) is 4.77. The van der Waals surface area contributed by atoms with Gasteiger partial charge in [-0.15, -0.1) is 0 Å². The summed E-state index contributed by atoms with van der Waals surface area (Å²) >= 11 is 0. The van der Waals surface area contributed by atoms with Crippen molar-refractivity contribution in [2.75, 3.05) is 0 Å². The van der Waals surface area contributed by atoms with E-state index < -0.39 is 103 Å². The molecule has 0 heterocycles. The van der Waals surface area contributed by atoms with Crippen LogP contribution < -0.4 is 5.32 Å². The Balaban J connectivity index is 2.81. The molecule has 1 aliphatic rings. The average molecular weight is 335 g/mol. The lowest BCUT2D eigenvalue weighted by Gasteiger charge is -2.30. The molecular formula is C19H27NO3. The molecule has 0 spiro atoms. The van der Waals surface area contributed by atoms with Gasteiger partial charge >= 0.3 is 5.97 Å². The fourth-order valence-electron chi connectivity index (χ4n) is 1.59. The Kier molecular flexibility index (Phi) is 1.98. The summed E-state index contributed by atoms with van der Waals surface area (Å²) in [7, 11) is 0. The molecular weight excluding hydrogens is 290 g/mol. The maximum absolute atomic E-state index is 13.5. The molecule has 1 aromatic carbocycles. The van der Waals surface area contributed by atoms with Crippen molar-refractivity contribution < 1.29 is 38.0 Å². The van der Waals surface area contributed by atoms with E-state index in [1.54, 1.807) is 0 Å². The van der Waals surface area contributed by atoms with Crippen LogP contribution in [0.5, 0.6) is 0 Å². The molecule has 0 aliphatic heterocycles.